The predicted molar refractivity (Wildman–Crippen MR) is 76.6 cm³/mol. The van der Waals surface area contributed by atoms with E-state index in [0.29, 0.717) is 0 Å². The summed E-state index contributed by atoms with van der Waals surface area (Å²) in [5, 5.41) is 0. The minimum Gasteiger partial charge on any atom is -0.246 e. The molecule has 19 heavy (non-hydrogen) atoms. The van der Waals surface area contributed by atoms with Gasteiger partial charge in [-0.05, 0) is 44.9 Å². The highest BCUT2D eigenvalue weighted by Crippen LogP contribution is 2.10. The van der Waals surface area contributed by atoms with Gasteiger partial charge in [-0.2, -0.15) is 0 Å². The maximum atomic E-state index is 12.5. The van der Waals surface area contributed by atoms with Crippen LogP contribution in [0.3, 0.4) is 0 Å². The van der Waals surface area contributed by atoms with E-state index in [-0.39, 0.29) is 5.56 Å². The highest BCUT2D eigenvalue weighted by atomic mass is 19.1. The molecule has 102 valence electrons. The monoisotopic (exact) mass is 262 g/mol. The second-order valence-electron chi connectivity index (χ2n) is 4.82. The normalized spacial score (nSPS) is 9.79. The zero-order valence-electron chi connectivity index (χ0n) is 11.9. The van der Waals surface area contributed by atoms with Crippen LogP contribution in [0.15, 0.2) is 36.4 Å². The Morgan fingerprint density at radius 3 is 1.84 bits per heavy atom. The fourth-order valence-corrected chi connectivity index (χ4v) is 1.70. The Morgan fingerprint density at radius 2 is 1.37 bits per heavy atom. The molecule has 0 saturated carbocycles. The lowest BCUT2D eigenvalue weighted by molar-refractivity contribution is 0.463. The summed E-state index contributed by atoms with van der Waals surface area (Å²) in [7, 11) is 0. The fourth-order valence-electron chi connectivity index (χ4n) is 1.70. The van der Waals surface area contributed by atoms with Crippen LogP contribution in [0.4, 0.5) is 8.78 Å². The third kappa shape index (κ3) is 4.82. The van der Waals surface area contributed by atoms with Gasteiger partial charge in [0.05, 0.1) is 0 Å². The van der Waals surface area contributed by atoms with Crippen LogP contribution in [0.1, 0.15) is 27.8 Å². The highest BCUT2D eigenvalue weighted by molar-refractivity contribution is 5.28. The molecule has 0 nitrogen and oxygen atoms in total. The first-order chi connectivity index (χ1) is 8.93. The number of benzene rings is 2. The molecule has 0 unspecified atom stereocenters. The predicted octanol–water partition coefficient (Wildman–Crippen LogP) is 5.22. The summed E-state index contributed by atoms with van der Waals surface area (Å²) in [6.45, 7) is 7.47. The van der Waals surface area contributed by atoms with Gasteiger partial charge < -0.3 is 0 Å². The van der Waals surface area contributed by atoms with E-state index >= 15 is 0 Å². The van der Waals surface area contributed by atoms with Crippen LogP contribution in [-0.2, 0) is 6.67 Å². The molecule has 0 aromatic heterocycles. The van der Waals surface area contributed by atoms with E-state index in [1.54, 1.807) is 13.0 Å². The molecule has 2 heteroatoms. The molecule has 0 atom stereocenters. The van der Waals surface area contributed by atoms with Crippen LogP contribution in [0.5, 0.6) is 0 Å². The van der Waals surface area contributed by atoms with E-state index in [9.17, 15) is 8.78 Å². The Balaban J connectivity index is 0.000000191. The Bertz CT molecular complexity index is 545. The topological polar surface area (TPSA) is 0 Å². The fraction of sp³-hybridized carbons (Fsp3) is 0.294. The van der Waals surface area contributed by atoms with Gasteiger partial charge in [-0.3, -0.25) is 0 Å². The molecule has 2 aromatic carbocycles. The first kappa shape index (κ1) is 15.4. The summed E-state index contributed by atoms with van der Waals surface area (Å²) >= 11 is 0. The van der Waals surface area contributed by atoms with Crippen molar-refractivity contribution in [1.29, 1.82) is 0 Å². The Kier molecular flexibility index (Phi) is 5.68. The van der Waals surface area contributed by atoms with Gasteiger partial charge in [-0.25, -0.2) is 8.78 Å². The SMILES string of the molecule is Cc1ccc(C)c(C)c1.Cc1ccc(F)c(CF)c1. The molecule has 0 aliphatic rings. The van der Waals surface area contributed by atoms with Crippen LogP contribution in [-0.4, -0.2) is 0 Å². The Labute approximate surface area is 114 Å². The third-order valence-corrected chi connectivity index (χ3v) is 3.01. The smallest absolute Gasteiger partial charge is 0.129 e. The zero-order chi connectivity index (χ0) is 14.4. The minimum atomic E-state index is -0.729. The number of hydrogen-bond donors (Lipinski definition) is 0. The van der Waals surface area contributed by atoms with Crippen molar-refractivity contribution in [2.45, 2.75) is 34.4 Å². The first-order valence-corrected chi connectivity index (χ1v) is 6.29. The van der Waals surface area contributed by atoms with Gasteiger partial charge in [0.15, 0.2) is 0 Å². The minimum absolute atomic E-state index is 0.139. The summed E-state index contributed by atoms with van der Waals surface area (Å²) in [5.41, 5.74) is 5.13. The van der Waals surface area contributed by atoms with E-state index in [2.05, 4.69) is 39.0 Å². The van der Waals surface area contributed by atoms with E-state index in [1.807, 2.05) is 0 Å². The van der Waals surface area contributed by atoms with Crippen LogP contribution >= 0.6 is 0 Å². The van der Waals surface area contributed by atoms with Crippen molar-refractivity contribution < 1.29 is 8.78 Å². The van der Waals surface area contributed by atoms with Gasteiger partial charge in [0.2, 0.25) is 0 Å². The van der Waals surface area contributed by atoms with Crippen LogP contribution in [0, 0.1) is 33.5 Å². The molecule has 0 radical (unpaired) electrons. The number of rotatable bonds is 1. The molecular formula is C17H20F2. The third-order valence-electron chi connectivity index (χ3n) is 3.01. The first-order valence-electron chi connectivity index (χ1n) is 6.29. The summed E-state index contributed by atoms with van der Waals surface area (Å²) in [6, 6.07) is 10.9. The van der Waals surface area contributed by atoms with Crippen molar-refractivity contribution in [1.82, 2.24) is 0 Å². The van der Waals surface area contributed by atoms with Crippen molar-refractivity contribution in [2.75, 3.05) is 0 Å². The molecule has 0 N–H and O–H groups in total. The van der Waals surface area contributed by atoms with Crippen LogP contribution in [0.2, 0.25) is 0 Å². The van der Waals surface area contributed by atoms with E-state index in [4.69, 9.17) is 0 Å². The van der Waals surface area contributed by atoms with Gasteiger partial charge in [-0.1, -0.05) is 41.5 Å². The average Bonchev–Trinajstić information content (AvgIpc) is 2.38. The largest absolute Gasteiger partial charge is 0.246 e. The van der Waals surface area contributed by atoms with E-state index in [0.717, 1.165) is 5.56 Å². The van der Waals surface area contributed by atoms with E-state index < -0.39 is 12.5 Å². The zero-order valence-corrected chi connectivity index (χ0v) is 11.9. The van der Waals surface area contributed by atoms with Crippen LogP contribution < -0.4 is 0 Å². The molecule has 2 aromatic rings. The van der Waals surface area contributed by atoms with E-state index in [1.165, 1.54) is 28.8 Å². The summed E-state index contributed by atoms with van der Waals surface area (Å²) < 4.78 is 24.5. The van der Waals surface area contributed by atoms with Gasteiger partial charge >= 0.3 is 0 Å². The lowest BCUT2D eigenvalue weighted by atomic mass is 10.1. The number of aryl methyl sites for hydroxylation is 4. The van der Waals surface area contributed by atoms with Crippen molar-refractivity contribution in [3.05, 3.63) is 70.0 Å². The quantitative estimate of drug-likeness (QED) is 0.661. The van der Waals surface area contributed by atoms with Crippen LogP contribution in [0.25, 0.3) is 0 Å². The molecular weight excluding hydrogens is 242 g/mol. The van der Waals surface area contributed by atoms with Gasteiger partial charge in [-0.15, -0.1) is 0 Å². The van der Waals surface area contributed by atoms with Crippen molar-refractivity contribution in [2.24, 2.45) is 0 Å². The second-order valence-corrected chi connectivity index (χ2v) is 4.82. The molecule has 0 heterocycles. The number of halogens is 2. The Morgan fingerprint density at radius 1 is 0.789 bits per heavy atom. The van der Waals surface area contributed by atoms with Gasteiger partial charge in [0.1, 0.15) is 12.5 Å². The van der Waals surface area contributed by atoms with Crippen molar-refractivity contribution >= 4 is 0 Å². The molecule has 0 fully saturated rings. The lowest BCUT2D eigenvalue weighted by Crippen LogP contribution is -1.86. The molecule has 0 bridgehead atoms. The lowest BCUT2D eigenvalue weighted by Gasteiger charge is -1.98. The standard InChI is InChI=1S/C9H12.C8H8F2/c1-7-4-5-8(2)9(3)6-7;1-6-2-3-8(10)7(4-6)5-9/h4-6H,1-3H3;2-4H,5H2,1H3. The molecule has 0 saturated heterocycles. The maximum absolute atomic E-state index is 12.5. The average molecular weight is 262 g/mol. The summed E-state index contributed by atoms with van der Waals surface area (Å²) in [6.07, 6.45) is 0. The maximum Gasteiger partial charge on any atom is 0.129 e. The molecule has 0 aliphatic heterocycles. The van der Waals surface area contributed by atoms with Crippen molar-refractivity contribution in [3.63, 3.8) is 0 Å². The van der Waals surface area contributed by atoms with Crippen molar-refractivity contribution in [3.8, 4) is 0 Å². The Hall–Kier alpha value is -1.70. The molecule has 2 rings (SSSR count). The summed E-state index contributed by atoms with van der Waals surface area (Å²) in [5.74, 6) is -0.465. The molecule has 0 spiro atoms. The van der Waals surface area contributed by atoms with Gasteiger partial charge in [0, 0.05) is 5.56 Å². The number of alkyl halides is 1. The highest BCUT2D eigenvalue weighted by Gasteiger charge is 1.99. The molecule has 0 aliphatic carbocycles. The second kappa shape index (κ2) is 7.03. The van der Waals surface area contributed by atoms with Gasteiger partial charge in [0.25, 0.3) is 0 Å². The summed E-state index contributed by atoms with van der Waals surface area (Å²) in [4.78, 5) is 0. The number of hydrogen-bond acceptors (Lipinski definition) is 0. The molecule has 0 amide bonds.